The van der Waals surface area contributed by atoms with Gasteiger partial charge in [-0.1, -0.05) is 5.92 Å². The van der Waals surface area contributed by atoms with Gasteiger partial charge in [-0.05, 0) is 30.2 Å². The zero-order valence-corrected chi connectivity index (χ0v) is 9.64. The lowest BCUT2D eigenvalue weighted by atomic mass is 10.1. The molecule has 0 atom stereocenters. The van der Waals surface area contributed by atoms with Crippen molar-refractivity contribution in [2.75, 3.05) is 18.0 Å². The van der Waals surface area contributed by atoms with Gasteiger partial charge >= 0.3 is 12.0 Å². The van der Waals surface area contributed by atoms with Crippen molar-refractivity contribution in [1.29, 1.82) is 0 Å². The van der Waals surface area contributed by atoms with Crippen molar-refractivity contribution in [2.24, 2.45) is 0 Å². The number of carbonyl (C=O) groups excluding carboxylic acids is 1. The van der Waals surface area contributed by atoms with Crippen molar-refractivity contribution < 1.29 is 14.7 Å². The molecule has 0 spiro atoms. The van der Waals surface area contributed by atoms with Crippen molar-refractivity contribution in [3.05, 3.63) is 29.3 Å². The van der Waals surface area contributed by atoms with E-state index in [4.69, 9.17) is 11.5 Å². The quantitative estimate of drug-likeness (QED) is 0.765. The molecule has 2 amide bonds. The smallest absolute Gasteiger partial charge is 0.335 e. The first-order chi connectivity index (χ1) is 8.63. The number of carboxylic acids is 1. The average molecular weight is 244 g/mol. The lowest BCUT2D eigenvalue weighted by Crippen LogP contribution is -2.39. The summed E-state index contributed by atoms with van der Waals surface area (Å²) in [7, 11) is 0. The van der Waals surface area contributed by atoms with Gasteiger partial charge in [-0.2, -0.15) is 0 Å². The number of nitrogens with one attached hydrogen (secondary N) is 1. The second-order valence-corrected chi connectivity index (χ2v) is 3.91. The third-order valence-corrected chi connectivity index (χ3v) is 2.81. The van der Waals surface area contributed by atoms with E-state index in [2.05, 4.69) is 11.2 Å². The number of hydrogen-bond donors (Lipinski definition) is 2. The molecule has 1 heterocycles. The largest absolute Gasteiger partial charge is 0.478 e. The fourth-order valence-corrected chi connectivity index (χ4v) is 1.97. The average Bonchev–Trinajstić information content (AvgIpc) is 2.78. The molecule has 0 bridgehead atoms. The molecular formula is C13H12N2O3. The molecule has 1 aromatic carbocycles. The third-order valence-electron chi connectivity index (χ3n) is 2.81. The maximum atomic E-state index is 11.8. The van der Waals surface area contributed by atoms with Crippen LogP contribution in [0.4, 0.5) is 10.5 Å². The van der Waals surface area contributed by atoms with Gasteiger partial charge in [-0.15, -0.1) is 6.42 Å². The van der Waals surface area contributed by atoms with Crippen LogP contribution in [0.15, 0.2) is 18.2 Å². The van der Waals surface area contributed by atoms with Gasteiger partial charge in [-0.25, -0.2) is 9.59 Å². The Hall–Kier alpha value is -2.48. The van der Waals surface area contributed by atoms with Gasteiger partial charge in [0.2, 0.25) is 0 Å². The van der Waals surface area contributed by atoms with Crippen LogP contribution >= 0.6 is 0 Å². The number of hydrogen-bond acceptors (Lipinski definition) is 2. The molecule has 0 unspecified atom stereocenters. The summed E-state index contributed by atoms with van der Waals surface area (Å²) in [5.41, 5.74) is 1.85. The monoisotopic (exact) mass is 244 g/mol. The Morgan fingerprint density at radius 3 is 2.94 bits per heavy atom. The minimum atomic E-state index is -0.965. The van der Waals surface area contributed by atoms with Gasteiger partial charge in [0.15, 0.2) is 0 Å². The van der Waals surface area contributed by atoms with E-state index in [-0.39, 0.29) is 18.1 Å². The number of benzene rings is 1. The topological polar surface area (TPSA) is 69.6 Å². The van der Waals surface area contributed by atoms with E-state index >= 15 is 0 Å². The lowest BCUT2D eigenvalue weighted by Gasteiger charge is -2.17. The molecule has 5 heteroatoms. The van der Waals surface area contributed by atoms with Crippen molar-refractivity contribution in [1.82, 2.24) is 5.32 Å². The molecule has 92 valence electrons. The number of carboxylic acid groups (broad SMARTS) is 1. The Morgan fingerprint density at radius 2 is 2.28 bits per heavy atom. The summed E-state index contributed by atoms with van der Waals surface area (Å²) in [6, 6.07) is 4.50. The van der Waals surface area contributed by atoms with Crippen molar-refractivity contribution in [3.8, 4) is 12.3 Å². The molecule has 0 aromatic heterocycles. The van der Waals surface area contributed by atoms with Crippen LogP contribution in [0, 0.1) is 12.3 Å². The molecule has 2 rings (SSSR count). The highest BCUT2D eigenvalue weighted by atomic mass is 16.4. The van der Waals surface area contributed by atoms with Crippen LogP contribution in [0.1, 0.15) is 15.9 Å². The van der Waals surface area contributed by atoms with Gasteiger partial charge in [0.25, 0.3) is 0 Å². The Labute approximate surface area is 104 Å². The van der Waals surface area contributed by atoms with Crippen LogP contribution in [0.25, 0.3) is 0 Å². The highest BCUT2D eigenvalue weighted by Crippen LogP contribution is 2.28. The standard InChI is InChI=1S/C13H12N2O3/c1-2-6-14-13(18)15-7-5-9-8-10(12(16)17)3-4-11(9)15/h1,3-4,8H,5-7H2,(H,14,18)(H,16,17). The maximum Gasteiger partial charge on any atom is 0.335 e. The Morgan fingerprint density at radius 1 is 1.50 bits per heavy atom. The van der Waals surface area contributed by atoms with Crippen LogP contribution in [0.5, 0.6) is 0 Å². The van der Waals surface area contributed by atoms with Gasteiger partial charge in [-0.3, -0.25) is 4.90 Å². The second-order valence-electron chi connectivity index (χ2n) is 3.91. The molecule has 2 N–H and O–H groups in total. The summed E-state index contributed by atoms with van der Waals surface area (Å²) in [6.45, 7) is 0.715. The fourth-order valence-electron chi connectivity index (χ4n) is 1.97. The summed E-state index contributed by atoms with van der Waals surface area (Å²) in [4.78, 5) is 24.2. The Kier molecular flexibility index (Phi) is 3.20. The van der Waals surface area contributed by atoms with Gasteiger partial charge in [0, 0.05) is 12.2 Å². The van der Waals surface area contributed by atoms with Crippen LogP contribution < -0.4 is 10.2 Å². The summed E-state index contributed by atoms with van der Waals surface area (Å²) in [6.07, 6.45) is 5.73. The number of rotatable bonds is 2. The number of anilines is 1. The number of amides is 2. The first-order valence-electron chi connectivity index (χ1n) is 5.48. The summed E-state index contributed by atoms with van der Waals surface area (Å²) >= 11 is 0. The molecular weight excluding hydrogens is 232 g/mol. The minimum absolute atomic E-state index is 0.178. The number of terminal acetylenes is 1. The zero-order valence-electron chi connectivity index (χ0n) is 9.64. The number of fused-ring (bicyclic) bond motifs is 1. The molecule has 18 heavy (non-hydrogen) atoms. The van der Waals surface area contributed by atoms with Crippen LogP contribution in [-0.4, -0.2) is 30.2 Å². The van der Waals surface area contributed by atoms with Gasteiger partial charge in [0.05, 0.1) is 12.1 Å². The van der Waals surface area contributed by atoms with Crippen molar-refractivity contribution in [2.45, 2.75) is 6.42 Å². The lowest BCUT2D eigenvalue weighted by molar-refractivity contribution is 0.0697. The number of carbonyl (C=O) groups is 2. The number of aromatic carboxylic acids is 1. The number of urea groups is 1. The fraction of sp³-hybridized carbons (Fsp3) is 0.231. The molecule has 0 saturated heterocycles. The maximum absolute atomic E-state index is 11.8. The predicted octanol–water partition coefficient (Wildman–Crippen LogP) is 1.09. The van der Waals surface area contributed by atoms with E-state index < -0.39 is 5.97 Å². The van der Waals surface area contributed by atoms with E-state index in [9.17, 15) is 9.59 Å². The highest BCUT2D eigenvalue weighted by molar-refractivity contribution is 5.96. The van der Waals surface area contributed by atoms with Crippen LogP contribution in [0.3, 0.4) is 0 Å². The minimum Gasteiger partial charge on any atom is -0.478 e. The van der Waals surface area contributed by atoms with Gasteiger partial charge < -0.3 is 10.4 Å². The first-order valence-corrected chi connectivity index (χ1v) is 5.48. The van der Waals surface area contributed by atoms with E-state index in [1.807, 2.05) is 0 Å². The van der Waals surface area contributed by atoms with E-state index in [1.54, 1.807) is 17.0 Å². The Bertz CT molecular complexity index is 546. The molecule has 0 fully saturated rings. The van der Waals surface area contributed by atoms with E-state index in [0.29, 0.717) is 13.0 Å². The van der Waals surface area contributed by atoms with Gasteiger partial charge in [0.1, 0.15) is 0 Å². The highest BCUT2D eigenvalue weighted by Gasteiger charge is 2.25. The Balaban J connectivity index is 2.21. The second kappa shape index (κ2) is 4.80. The van der Waals surface area contributed by atoms with Crippen molar-refractivity contribution >= 4 is 17.7 Å². The number of nitrogens with zero attached hydrogens (tertiary/aromatic N) is 1. The van der Waals surface area contributed by atoms with Crippen molar-refractivity contribution in [3.63, 3.8) is 0 Å². The third kappa shape index (κ3) is 2.13. The van der Waals surface area contributed by atoms with Crippen LogP contribution in [-0.2, 0) is 6.42 Å². The van der Waals surface area contributed by atoms with E-state index in [0.717, 1.165) is 11.3 Å². The molecule has 0 saturated carbocycles. The molecule has 0 aliphatic carbocycles. The molecule has 5 nitrogen and oxygen atoms in total. The first kappa shape index (κ1) is 12.0. The SMILES string of the molecule is C#CCNC(=O)N1CCc2cc(C(=O)O)ccc21. The molecule has 0 radical (unpaired) electrons. The molecule has 1 aromatic rings. The normalized spacial score (nSPS) is 12.7. The zero-order chi connectivity index (χ0) is 13.1. The summed E-state index contributed by atoms with van der Waals surface area (Å²) in [5, 5.41) is 11.5. The summed E-state index contributed by atoms with van der Waals surface area (Å²) in [5.74, 6) is 1.37. The predicted molar refractivity (Wildman–Crippen MR) is 66.7 cm³/mol. The molecule has 1 aliphatic rings. The molecule has 1 aliphatic heterocycles. The van der Waals surface area contributed by atoms with Crippen LogP contribution in [0.2, 0.25) is 0 Å². The summed E-state index contributed by atoms with van der Waals surface area (Å²) < 4.78 is 0. The van der Waals surface area contributed by atoms with E-state index in [1.165, 1.54) is 6.07 Å².